The van der Waals surface area contributed by atoms with Crippen molar-refractivity contribution < 1.29 is 9.53 Å². The van der Waals surface area contributed by atoms with Crippen molar-refractivity contribution in [3.63, 3.8) is 0 Å². The number of halogens is 1. The van der Waals surface area contributed by atoms with Gasteiger partial charge in [0.25, 0.3) is 0 Å². The Hall–Kier alpha value is -0.930. The molecule has 0 saturated carbocycles. The van der Waals surface area contributed by atoms with Crippen LogP contribution in [-0.4, -0.2) is 23.8 Å². The first-order chi connectivity index (χ1) is 9.91. The number of allylic oxidation sites excluding steroid dienone is 2. The molecule has 0 amide bonds. The van der Waals surface area contributed by atoms with Crippen LogP contribution in [0.2, 0.25) is 0 Å². The van der Waals surface area contributed by atoms with Crippen LogP contribution in [0, 0.1) is 12.8 Å². The van der Waals surface area contributed by atoms with Gasteiger partial charge in [-0.2, -0.15) is 0 Å². The summed E-state index contributed by atoms with van der Waals surface area (Å²) in [6.45, 7) is 6.10. The normalized spacial score (nSPS) is 22.3. The molecule has 0 spiro atoms. The van der Waals surface area contributed by atoms with Crippen molar-refractivity contribution >= 4 is 27.3 Å². The molecule has 2 nitrogen and oxygen atoms in total. The average molecular weight is 351 g/mol. The number of Topliss-reactive ketones (excluding diaryl/α,β-unsaturated/α-hetero) is 1. The third-order valence-electron chi connectivity index (χ3n) is 4.75. The molecular weight excluding hydrogens is 328 g/mol. The summed E-state index contributed by atoms with van der Waals surface area (Å²) in [5, 5.41) is 0.731. The van der Waals surface area contributed by atoms with Crippen molar-refractivity contribution in [3.8, 4) is 0 Å². The van der Waals surface area contributed by atoms with Crippen LogP contribution in [0.5, 0.6) is 0 Å². The van der Waals surface area contributed by atoms with Crippen LogP contribution < -0.4 is 0 Å². The zero-order chi connectivity index (χ0) is 15.6. The lowest BCUT2D eigenvalue weighted by Crippen LogP contribution is -2.41. The maximum Gasteiger partial charge on any atom is 0.159 e. The topological polar surface area (TPSA) is 26.3 Å². The lowest BCUT2D eigenvalue weighted by atomic mass is 9.74. The number of benzene rings is 1. The van der Waals surface area contributed by atoms with Gasteiger partial charge in [-0.05, 0) is 49.8 Å². The van der Waals surface area contributed by atoms with Crippen molar-refractivity contribution in [1.29, 1.82) is 0 Å². The first-order valence-electron chi connectivity index (χ1n) is 7.32. The third kappa shape index (κ3) is 3.29. The summed E-state index contributed by atoms with van der Waals surface area (Å²) >= 11 is 3.54. The fourth-order valence-corrected chi connectivity index (χ4v) is 3.55. The Labute approximate surface area is 135 Å². The quantitative estimate of drug-likeness (QED) is 0.744. The van der Waals surface area contributed by atoms with Crippen LogP contribution in [0.4, 0.5) is 0 Å². The fraction of sp³-hybridized carbons (Fsp3) is 0.500. The number of methoxy groups -OCH3 is 1. The molecule has 0 fully saturated rings. The standard InChI is InChI=1S/C18H23BrO2/c1-12-5-7-14(8-6-12)16-9-15(10-17(20)13(16)2)18(3,11-19)21-4/h5-8,15H,9-11H2,1-4H3/t15-,18?/m1/s1. The van der Waals surface area contributed by atoms with Gasteiger partial charge in [0.05, 0.1) is 5.60 Å². The van der Waals surface area contributed by atoms with Gasteiger partial charge < -0.3 is 4.74 Å². The predicted molar refractivity (Wildman–Crippen MR) is 90.7 cm³/mol. The lowest BCUT2D eigenvalue weighted by molar-refractivity contribution is -0.119. The Morgan fingerprint density at radius 1 is 1.24 bits per heavy atom. The van der Waals surface area contributed by atoms with E-state index in [2.05, 4.69) is 54.0 Å². The number of hydrogen-bond donors (Lipinski definition) is 0. The monoisotopic (exact) mass is 350 g/mol. The lowest BCUT2D eigenvalue weighted by Gasteiger charge is -2.38. The van der Waals surface area contributed by atoms with Crippen LogP contribution >= 0.6 is 15.9 Å². The van der Waals surface area contributed by atoms with E-state index in [-0.39, 0.29) is 17.3 Å². The van der Waals surface area contributed by atoms with E-state index in [1.807, 2.05) is 6.92 Å². The number of aryl methyl sites for hydroxylation is 1. The Morgan fingerprint density at radius 3 is 2.38 bits per heavy atom. The molecule has 0 heterocycles. The molecule has 1 aliphatic carbocycles. The first-order valence-corrected chi connectivity index (χ1v) is 8.44. The molecule has 2 atom stereocenters. The molecule has 1 unspecified atom stereocenters. The molecule has 0 radical (unpaired) electrons. The molecule has 0 N–H and O–H groups in total. The number of carbonyl (C=O) groups is 1. The van der Waals surface area contributed by atoms with Crippen molar-refractivity contribution in [1.82, 2.24) is 0 Å². The molecule has 0 bridgehead atoms. The second-order valence-electron chi connectivity index (χ2n) is 6.15. The van der Waals surface area contributed by atoms with Crippen molar-refractivity contribution in [2.24, 2.45) is 5.92 Å². The van der Waals surface area contributed by atoms with E-state index in [1.54, 1.807) is 7.11 Å². The van der Waals surface area contributed by atoms with E-state index in [4.69, 9.17) is 4.74 Å². The third-order valence-corrected chi connectivity index (χ3v) is 5.86. The van der Waals surface area contributed by atoms with Gasteiger partial charge in [0, 0.05) is 18.9 Å². The van der Waals surface area contributed by atoms with Gasteiger partial charge in [0.2, 0.25) is 0 Å². The molecule has 1 aromatic carbocycles. The van der Waals surface area contributed by atoms with Crippen LogP contribution in [0.15, 0.2) is 29.8 Å². The van der Waals surface area contributed by atoms with Crippen molar-refractivity contribution in [2.45, 2.75) is 39.2 Å². The summed E-state index contributed by atoms with van der Waals surface area (Å²) in [7, 11) is 1.72. The van der Waals surface area contributed by atoms with Gasteiger partial charge in [0.1, 0.15) is 0 Å². The molecule has 21 heavy (non-hydrogen) atoms. The van der Waals surface area contributed by atoms with Gasteiger partial charge >= 0.3 is 0 Å². The highest BCUT2D eigenvalue weighted by Gasteiger charge is 2.38. The molecule has 114 valence electrons. The maximum atomic E-state index is 12.4. The summed E-state index contributed by atoms with van der Waals surface area (Å²) in [5.41, 5.74) is 4.15. The number of carbonyl (C=O) groups excluding carboxylic acids is 1. The maximum absolute atomic E-state index is 12.4. The molecule has 1 aliphatic rings. The van der Waals surface area contributed by atoms with Crippen molar-refractivity contribution in [2.75, 3.05) is 12.4 Å². The minimum absolute atomic E-state index is 0.203. The smallest absolute Gasteiger partial charge is 0.159 e. The minimum Gasteiger partial charge on any atom is -0.377 e. The van der Waals surface area contributed by atoms with Crippen molar-refractivity contribution in [3.05, 3.63) is 41.0 Å². The van der Waals surface area contributed by atoms with E-state index in [0.29, 0.717) is 6.42 Å². The highest BCUT2D eigenvalue weighted by molar-refractivity contribution is 9.09. The van der Waals surface area contributed by atoms with E-state index in [9.17, 15) is 4.79 Å². The summed E-state index contributed by atoms with van der Waals surface area (Å²) in [6, 6.07) is 8.43. The van der Waals surface area contributed by atoms with Gasteiger partial charge in [0.15, 0.2) is 5.78 Å². The zero-order valence-corrected chi connectivity index (χ0v) is 14.8. The molecule has 0 aliphatic heterocycles. The van der Waals surface area contributed by atoms with Gasteiger partial charge in [-0.25, -0.2) is 0 Å². The van der Waals surface area contributed by atoms with E-state index in [0.717, 1.165) is 22.9 Å². The van der Waals surface area contributed by atoms with E-state index < -0.39 is 0 Å². The van der Waals surface area contributed by atoms with Gasteiger partial charge in [-0.1, -0.05) is 45.8 Å². The Morgan fingerprint density at radius 2 is 1.86 bits per heavy atom. The summed E-state index contributed by atoms with van der Waals surface area (Å²) < 4.78 is 5.69. The van der Waals surface area contributed by atoms with Gasteiger partial charge in [-0.3, -0.25) is 4.79 Å². The Balaban J connectivity index is 2.38. The van der Waals surface area contributed by atoms with Crippen LogP contribution in [-0.2, 0) is 9.53 Å². The Kier molecular flexibility index (Phi) is 5.05. The summed E-state index contributed by atoms with van der Waals surface area (Å²) in [6.07, 6.45) is 1.45. The van der Waals surface area contributed by atoms with Crippen LogP contribution in [0.25, 0.3) is 5.57 Å². The second kappa shape index (κ2) is 6.45. The largest absolute Gasteiger partial charge is 0.377 e. The molecule has 0 saturated heterocycles. The number of ether oxygens (including phenoxy) is 1. The number of alkyl halides is 1. The second-order valence-corrected chi connectivity index (χ2v) is 6.71. The van der Waals surface area contributed by atoms with Crippen LogP contribution in [0.3, 0.4) is 0 Å². The Bertz CT molecular complexity index is 553. The molecular formula is C18H23BrO2. The zero-order valence-electron chi connectivity index (χ0n) is 13.2. The fourth-order valence-electron chi connectivity index (χ4n) is 2.87. The highest BCUT2D eigenvalue weighted by Crippen LogP contribution is 2.40. The van der Waals surface area contributed by atoms with Crippen LogP contribution in [0.1, 0.15) is 37.8 Å². The number of hydrogen-bond acceptors (Lipinski definition) is 2. The molecule has 0 aromatic heterocycles. The summed E-state index contributed by atoms with van der Waals surface area (Å²) in [4.78, 5) is 12.4. The highest BCUT2D eigenvalue weighted by atomic mass is 79.9. The van der Waals surface area contributed by atoms with E-state index in [1.165, 1.54) is 11.1 Å². The number of rotatable bonds is 4. The number of ketones is 1. The molecule has 1 aromatic rings. The molecule has 3 heteroatoms. The predicted octanol–water partition coefficient (Wildman–Crippen LogP) is 4.55. The molecule has 2 rings (SSSR count). The van der Waals surface area contributed by atoms with Gasteiger partial charge in [-0.15, -0.1) is 0 Å². The minimum atomic E-state index is -0.313. The summed E-state index contributed by atoms with van der Waals surface area (Å²) in [5.74, 6) is 0.445. The first kappa shape index (κ1) is 16.4. The van der Waals surface area contributed by atoms with E-state index >= 15 is 0 Å². The SMILES string of the molecule is COC(C)(CBr)[C@H]1CC(=O)C(C)=C(c2ccc(C)cc2)C1. The average Bonchev–Trinajstić information content (AvgIpc) is 2.50.